The number of rotatable bonds is 8. The van der Waals surface area contributed by atoms with Crippen molar-refractivity contribution in [1.29, 1.82) is 0 Å². The molecule has 0 radical (unpaired) electrons. The van der Waals surface area contributed by atoms with Gasteiger partial charge in [0.2, 0.25) is 5.91 Å². The third kappa shape index (κ3) is 5.53. The van der Waals surface area contributed by atoms with Gasteiger partial charge in [-0.3, -0.25) is 9.69 Å². The highest BCUT2D eigenvalue weighted by molar-refractivity contribution is 5.77. The molecule has 0 spiro atoms. The van der Waals surface area contributed by atoms with Crippen LogP contribution in [0, 0.1) is 0 Å². The number of hydrogen-bond donors (Lipinski definition) is 1. The molecule has 0 fully saturated rings. The molecular formula is C20H23N5O. The molecule has 0 saturated carbocycles. The van der Waals surface area contributed by atoms with Crippen molar-refractivity contribution in [3.63, 3.8) is 0 Å². The number of aromatic nitrogens is 3. The average molecular weight is 349 g/mol. The number of nitrogens with zero attached hydrogens (tertiary/aromatic N) is 4. The van der Waals surface area contributed by atoms with Gasteiger partial charge in [0.25, 0.3) is 0 Å². The van der Waals surface area contributed by atoms with E-state index in [1.165, 1.54) is 11.9 Å². The van der Waals surface area contributed by atoms with Crippen molar-refractivity contribution in [2.75, 3.05) is 13.6 Å². The zero-order chi connectivity index (χ0) is 18.2. The Hall–Kier alpha value is -2.99. The maximum Gasteiger partial charge on any atom is 0.234 e. The third-order valence-corrected chi connectivity index (χ3v) is 4.00. The Kier molecular flexibility index (Phi) is 6.11. The number of carbonyl (C=O) groups is 1. The Morgan fingerprint density at radius 1 is 1.08 bits per heavy atom. The Balaban J connectivity index is 1.46. The fraction of sp³-hybridized carbons (Fsp3) is 0.250. The summed E-state index contributed by atoms with van der Waals surface area (Å²) in [5.41, 5.74) is 3.40. The molecule has 0 bridgehead atoms. The molecule has 2 aromatic carbocycles. The first-order valence-electron chi connectivity index (χ1n) is 8.58. The number of amides is 1. The van der Waals surface area contributed by atoms with Crippen LogP contribution >= 0.6 is 0 Å². The molecule has 0 aliphatic heterocycles. The summed E-state index contributed by atoms with van der Waals surface area (Å²) in [7, 11) is 1.95. The third-order valence-electron chi connectivity index (χ3n) is 4.00. The van der Waals surface area contributed by atoms with E-state index in [0.717, 1.165) is 17.7 Å². The quantitative estimate of drug-likeness (QED) is 0.676. The average Bonchev–Trinajstić information content (AvgIpc) is 3.14. The zero-order valence-electron chi connectivity index (χ0n) is 14.9. The van der Waals surface area contributed by atoms with Crippen molar-refractivity contribution in [3.05, 3.63) is 83.9 Å². The second-order valence-electron chi connectivity index (χ2n) is 6.35. The zero-order valence-corrected chi connectivity index (χ0v) is 14.9. The summed E-state index contributed by atoms with van der Waals surface area (Å²) >= 11 is 0. The van der Waals surface area contributed by atoms with E-state index in [9.17, 15) is 4.79 Å². The van der Waals surface area contributed by atoms with E-state index in [-0.39, 0.29) is 5.91 Å². The van der Waals surface area contributed by atoms with Gasteiger partial charge in [-0.2, -0.15) is 5.10 Å². The SMILES string of the molecule is CN(CC(=O)NCc1cccc(Cn2cncn2)c1)Cc1ccccc1. The van der Waals surface area contributed by atoms with Crippen LogP contribution in [0.2, 0.25) is 0 Å². The summed E-state index contributed by atoms with van der Waals surface area (Å²) in [6.07, 6.45) is 3.22. The number of hydrogen-bond acceptors (Lipinski definition) is 4. The van der Waals surface area contributed by atoms with Crippen molar-refractivity contribution < 1.29 is 4.79 Å². The monoisotopic (exact) mass is 349 g/mol. The first-order valence-corrected chi connectivity index (χ1v) is 8.58. The highest BCUT2D eigenvalue weighted by Crippen LogP contribution is 2.07. The summed E-state index contributed by atoms with van der Waals surface area (Å²) in [5.74, 6) is 0.0186. The van der Waals surface area contributed by atoms with Gasteiger partial charge >= 0.3 is 0 Å². The topological polar surface area (TPSA) is 63.1 Å². The van der Waals surface area contributed by atoms with Gasteiger partial charge < -0.3 is 5.32 Å². The second-order valence-corrected chi connectivity index (χ2v) is 6.35. The summed E-state index contributed by atoms with van der Waals surface area (Å²) < 4.78 is 1.77. The number of nitrogens with one attached hydrogen (secondary N) is 1. The second kappa shape index (κ2) is 8.92. The van der Waals surface area contributed by atoms with Crippen LogP contribution in [0.15, 0.2) is 67.3 Å². The summed E-state index contributed by atoms with van der Waals surface area (Å²) in [6.45, 7) is 2.31. The van der Waals surface area contributed by atoms with E-state index in [4.69, 9.17) is 0 Å². The predicted molar refractivity (Wildman–Crippen MR) is 100 cm³/mol. The van der Waals surface area contributed by atoms with Gasteiger partial charge in [0.1, 0.15) is 12.7 Å². The van der Waals surface area contributed by atoms with Crippen LogP contribution in [0.1, 0.15) is 16.7 Å². The highest BCUT2D eigenvalue weighted by Gasteiger charge is 2.07. The van der Waals surface area contributed by atoms with Gasteiger partial charge in [0.15, 0.2) is 0 Å². The largest absolute Gasteiger partial charge is 0.351 e. The lowest BCUT2D eigenvalue weighted by atomic mass is 10.1. The minimum Gasteiger partial charge on any atom is -0.351 e. The normalized spacial score (nSPS) is 10.8. The van der Waals surface area contributed by atoms with E-state index in [0.29, 0.717) is 19.6 Å². The molecular weight excluding hydrogens is 326 g/mol. The minimum atomic E-state index is 0.0186. The van der Waals surface area contributed by atoms with Crippen LogP contribution in [0.3, 0.4) is 0 Å². The lowest BCUT2D eigenvalue weighted by molar-refractivity contribution is -0.122. The standard InChI is InChI=1S/C20H23N5O/c1-24(12-17-6-3-2-4-7-17)14-20(26)22-11-18-8-5-9-19(10-18)13-25-16-21-15-23-25/h2-10,15-16H,11-14H2,1H3,(H,22,26). The molecule has 26 heavy (non-hydrogen) atoms. The molecule has 134 valence electrons. The van der Waals surface area contributed by atoms with Gasteiger partial charge in [-0.1, -0.05) is 54.6 Å². The van der Waals surface area contributed by atoms with Crippen molar-refractivity contribution in [2.24, 2.45) is 0 Å². The summed E-state index contributed by atoms with van der Waals surface area (Å²) in [5, 5.41) is 7.10. The van der Waals surface area contributed by atoms with Crippen LogP contribution in [0.4, 0.5) is 0 Å². The van der Waals surface area contributed by atoms with Crippen LogP contribution in [0.25, 0.3) is 0 Å². The molecule has 1 aromatic heterocycles. The Morgan fingerprint density at radius 2 is 1.85 bits per heavy atom. The molecule has 3 aromatic rings. The van der Waals surface area contributed by atoms with Crippen LogP contribution in [-0.4, -0.2) is 39.2 Å². The molecule has 1 amide bonds. The van der Waals surface area contributed by atoms with Crippen LogP contribution in [-0.2, 0) is 24.4 Å². The van der Waals surface area contributed by atoms with Gasteiger partial charge in [0.05, 0.1) is 13.1 Å². The highest BCUT2D eigenvalue weighted by atomic mass is 16.2. The predicted octanol–water partition coefficient (Wildman–Crippen LogP) is 2.07. The maximum absolute atomic E-state index is 12.2. The maximum atomic E-state index is 12.2. The van der Waals surface area contributed by atoms with Crippen molar-refractivity contribution in [1.82, 2.24) is 25.0 Å². The number of carbonyl (C=O) groups excluding carboxylic acids is 1. The number of benzene rings is 2. The first-order chi connectivity index (χ1) is 12.7. The van der Waals surface area contributed by atoms with Gasteiger partial charge in [-0.15, -0.1) is 0 Å². The van der Waals surface area contributed by atoms with Gasteiger partial charge in [-0.05, 0) is 23.7 Å². The van der Waals surface area contributed by atoms with Gasteiger partial charge in [-0.25, -0.2) is 9.67 Å². The van der Waals surface area contributed by atoms with E-state index in [1.807, 2.05) is 48.3 Å². The lowest BCUT2D eigenvalue weighted by Crippen LogP contribution is -2.34. The summed E-state index contributed by atoms with van der Waals surface area (Å²) in [4.78, 5) is 18.1. The fourth-order valence-corrected chi connectivity index (χ4v) is 2.79. The van der Waals surface area contributed by atoms with Crippen LogP contribution in [0.5, 0.6) is 0 Å². The molecule has 0 unspecified atom stereocenters. The fourth-order valence-electron chi connectivity index (χ4n) is 2.79. The van der Waals surface area contributed by atoms with E-state index < -0.39 is 0 Å². The Morgan fingerprint density at radius 3 is 2.62 bits per heavy atom. The molecule has 1 heterocycles. The molecule has 1 N–H and O–H groups in total. The smallest absolute Gasteiger partial charge is 0.234 e. The Bertz CT molecular complexity index is 817. The summed E-state index contributed by atoms with van der Waals surface area (Å²) in [6, 6.07) is 18.3. The molecule has 3 rings (SSSR count). The molecule has 0 aliphatic rings. The molecule has 0 saturated heterocycles. The van der Waals surface area contributed by atoms with Crippen molar-refractivity contribution >= 4 is 5.91 Å². The van der Waals surface area contributed by atoms with E-state index in [2.05, 4.69) is 33.6 Å². The van der Waals surface area contributed by atoms with Crippen molar-refractivity contribution in [3.8, 4) is 0 Å². The molecule has 6 heteroatoms. The lowest BCUT2D eigenvalue weighted by Gasteiger charge is -2.16. The van der Waals surface area contributed by atoms with E-state index >= 15 is 0 Å². The van der Waals surface area contributed by atoms with E-state index in [1.54, 1.807) is 11.0 Å². The number of likely N-dealkylation sites (N-methyl/N-ethyl adjacent to an activating group) is 1. The minimum absolute atomic E-state index is 0.0186. The van der Waals surface area contributed by atoms with Crippen molar-refractivity contribution in [2.45, 2.75) is 19.6 Å². The van der Waals surface area contributed by atoms with Gasteiger partial charge in [0, 0.05) is 13.1 Å². The molecule has 0 atom stereocenters. The first kappa shape index (κ1) is 17.8. The molecule has 0 aliphatic carbocycles. The molecule has 6 nitrogen and oxygen atoms in total. The van der Waals surface area contributed by atoms with Crippen LogP contribution < -0.4 is 5.32 Å². The Labute approximate surface area is 153 Å².